The predicted octanol–water partition coefficient (Wildman–Crippen LogP) is 5.12. The van der Waals surface area contributed by atoms with E-state index >= 15 is 0 Å². The molecule has 4 rings (SSSR count). The van der Waals surface area contributed by atoms with E-state index in [9.17, 15) is 9.59 Å². The Morgan fingerprint density at radius 1 is 1.00 bits per heavy atom. The summed E-state index contributed by atoms with van der Waals surface area (Å²) in [5.74, 6) is 0.676. The van der Waals surface area contributed by atoms with E-state index < -0.39 is 6.03 Å². The van der Waals surface area contributed by atoms with Crippen molar-refractivity contribution in [2.45, 2.75) is 6.54 Å². The fourth-order valence-electron chi connectivity index (χ4n) is 4.02. The number of amides is 2. The number of carbonyl (C=O) groups is 1. The number of nitrogens with zero attached hydrogens (tertiary/aromatic N) is 2. The second-order valence-corrected chi connectivity index (χ2v) is 9.17. The van der Waals surface area contributed by atoms with Gasteiger partial charge in [-0.15, -0.1) is 0 Å². The average molecular weight is 505 g/mol. The lowest BCUT2D eigenvalue weighted by atomic mass is 9.96. The molecule has 186 valence electrons. The number of nitrogens with one attached hydrogen (secondary N) is 2. The molecule has 0 aliphatic rings. The minimum absolute atomic E-state index is 0.142. The maximum Gasteiger partial charge on any atom is 0.319 e. The van der Waals surface area contributed by atoms with Crippen LogP contribution < -0.4 is 20.9 Å². The number of carbonyl (C=O) groups excluding carboxylic acids is 1. The van der Waals surface area contributed by atoms with Gasteiger partial charge in [0.25, 0.3) is 5.56 Å². The van der Waals surface area contributed by atoms with Gasteiger partial charge in [-0.25, -0.2) is 4.79 Å². The smallest absolute Gasteiger partial charge is 0.319 e. The van der Waals surface area contributed by atoms with Gasteiger partial charge < -0.3 is 24.8 Å². The Hall–Kier alpha value is -3.81. The van der Waals surface area contributed by atoms with Crippen LogP contribution in [0.2, 0.25) is 5.02 Å². The van der Waals surface area contributed by atoms with Crippen molar-refractivity contribution >= 4 is 34.1 Å². The van der Waals surface area contributed by atoms with Crippen molar-refractivity contribution in [3.8, 4) is 16.9 Å². The van der Waals surface area contributed by atoms with Gasteiger partial charge in [0.1, 0.15) is 12.4 Å². The van der Waals surface area contributed by atoms with Crippen LogP contribution in [0.3, 0.4) is 0 Å². The van der Waals surface area contributed by atoms with Gasteiger partial charge in [-0.05, 0) is 55.4 Å². The summed E-state index contributed by atoms with van der Waals surface area (Å²) in [6.45, 7) is 1.48. The molecule has 0 radical (unpaired) electrons. The first-order chi connectivity index (χ1) is 17.3. The summed E-state index contributed by atoms with van der Waals surface area (Å²) in [4.78, 5) is 27.9. The molecule has 0 saturated carbocycles. The van der Waals surface area contributed by atoms with Crippen LogP contribution in [0.5, 0.6) is 5.75 Å². The zero-order valence-corrected chi connectivity index (χ0v) is 21.3. The molecule has 0 unspecified atom stereocenters. The first-order valence-corrected chi connectivity index (χ1v) is 12.0. The van der Waals surface area contributed by atoms with Crippen LogP contribution in [0.15, 0.2) is 77.6 Å². The van der Waals surface area contributed by atoms with E-state index in [2.05, 4.69) is 10.6 Å². The highest BCUT2D eigenvalue weighted by molar-refractivity contribution is 6.31. The van der Waals surface area contributed by atoms with Gasteiger partial charge in [0.05, 0.1) is 6.54 Å². The second-order valence-electron chi connectivity index (χ2n) is 8.73. The van der Waals surface area contributed by atoms with E-state index in [-0.39, 0.29) is 12.1 Å². The lowest BCUT2D eigenvalue weighted by Gasteiger charge is -2.18. The van der Waals surface area contributed by atoms with E-state index in [1.54, 1.807) is 41.9 Å². The third-order valence-corrected chi connectivity index (χ3v) is 6.09. The summed E-state index contributed by atoms with van der Waals surface area (Å²) in [6, 6.07) is 21.9. The van der Waals surface area contributed by atoms with Crippen LogP contribution in [0.25, 0.3) is 21.9 Å². The van der Waals surface area contributed by atoms with Crippen LogP contribution in [0.4, 0.5) is 10.5 Å². The number of urea groups is 1. The van der Waals surface area contributed by atoms with Gasteiger partial charge in [-0.2, -0.15) is 0 Å². The molecule has 0 bridgehead atoms. The number of anilines is 1. The second kappa shape index (κ2) is 11.3. The number of ether oxygens (including phenoxy) is 1. The van der Waals surface area contributed by atoms with Crippen molar-refractivity contribution in [1.29, 1.82) is 0 Å². The SMILES string of the molecule is CN(C)CCOc1cccc(NC(=O)NCc2c(-c3ccccc3)c3cc(Cl)ccc3c(=O)n2C)c1. The van der Waals surface area contributed by atoms with E-state index in [1.165, 1.54) is 0 Å². The zero-order valence-electron chi connectivity index (χ0n) is 20.5. The number of likely N-dealkylation sites (N-methyl/N-ethyl adjacent to an activating group) is 1. The highest BCUT2D eigenvalue weighted by Crippen LogP contribution is 2.32. The lowest BCUT2D eigenvalue weighted by molar-refractivity contribution is 0.251. The van der Waals surface area contributed by atoms with Crippen molar-refractivity contribution in [2.75, 3.05) is 32.6 Å². The highest BCUT2D eigenvalue weighted by atomic mass is 35.5. The van der Waals surface area contributed by atoms with Crippen LogP contribution in [-0.2, 0) is 13.6 Å². The molecule has 7 nitrogen and oxygen atoms in total. The highest BCUT2D eigenvalue weighted by Gasteiger charge is 2.17. The largest absolute Gasteiger partial charge is 0.492 e. The molecule has 0 spiro atoms. The van der Waals surface area contributed by atoms with Crippen LogP contribution >= 0.6 is 11.6 Å². The van der Waals surface area contributed by atoms with E-state index in [0.717, 1.165) is 23.1 Å². The zero-order chi connectivity index (χ0) is 25.7. The number of hydrogen-bond acceptors (Lipinski definition) is 4. The summed E-state index contributed by atoms with van der Waals surface area (Å²) < 4.78 is 7.33. The molecule has 4 aromatic rings. The van der Waals surface area contributed by atoms with Crippen molar-refractivity contribution in [1.82, 2.24) is 14.8 Å². The number of benzene rings is 3. The molecular weight excluding hydrogens is 476 g/mol. The first kappa shape index (κ1) is 25.3. The molecule has 0 aliphatic heterocycles. The Kier molecular flexibility index (Phi) is 7.93. The number of rotatable bonds is 8. The van der Waals surface area contributed by atoms with Crippen LogP contribution in [0.1, 0.15) is 5.69 Å². The van der Waals surface area contributed by atoms with Gasteiger partial charge in [0.2, 0.25) is 0 Å². The van der Waals surface area contributed by atoms with Crippen molar-refractivity contribution < 1.29 is 9.53 Å². The Morgan fingerprint density at radius 3 is 2.53 bits per heavy atom. The third kappa shape index (κ3) is 5.87. The van der Waals surface area contributed by atoms with E-state index in [0.29, 0.717) is 34.1 Å². The number of halogens is 1. The lowest BCUT2D eigenvalue weighted by Crippen LogP contribution is -2.32. The standard InChI is InChI=1S/C28H29ClN4O3/c1-32(2)14-15-36-22-11-7-10-21(17-22)31-28(35)30-18-25-26(19-8-5-4-6-9-19)24-16-20(29)12-13-23(24)27(34)33(25)3/h4-13,16-17H,14-15,18H2,1-3H3,(H2,30,31,35). The Labute approximate surface area is 215 Å². The molecule has 36 heavy (non-hydrogen) atoms. The molecule has 0 aliphatic carbocycles. The average Bonchev–Trinajstić information content (AvgIpc) is 2.85. The fourth-order valence-corrected chi connectivity index (χ4v) is 4.19. The summed E-state index contributed by atoms with van der Waals surface area (Å²) in [5.41, 5.74) is 2.92. The van der Waals surface area contributed by atoms with Crippen molar-refractivity contribution in [2.24, 2.45) is 7.05 Å². The number of aromatic nitrogens is 1. The molecule has 1 heterocycles. The Balaban J connectivity index is 1.58. The quantitative estimate of drug-likeness (QED) is 0.349. The summed E-state index contributed by atoms with van der Waals surface area (Å²) in [5, 5.41) is 7.59. The topological polar surface area (TPSA) is 75.6 Å². The Bertz CT molecular complexity index is 1430. The Morgan fingerprint density at radius 2 is 1.78 bits per heavy atom. The van der Waals surface area contributed by atoms with Gasteiger partial charge >= 0.3 is 6.03 Å². The van der Waals surface area contributed by atoms with Gasteiger partial charge in [0.15, 0.2) is 0 Å². The monoisotopic (exact) mass is 504 g/mol. The van der Waals surface area contributed by atoms with Crippen molar-refractivity contribution in [3.05, 3.63) is 93.9 Å². The van der Waals surface area contributed by atoms with Gasteiger partial charge in [-0.3, -0.25) is 4.79 Å². The summed E-state index contributed by atoms with van der Waals surface area (Å²) in [7, 11) is 5.68. The summed E-state index contributed by atoms with van der Waals surface area (Å²) in [6.07, 6.45) is 0. The van der Waals surface area contributed by atoms with E-state index in [1.807, 2.05) is 61.5 Å². The van der Waals surface area contributed by atoms with Crippen LogP contribution in [-0.4, -0.2) is 42.7 Å². The number of hydrogen-bond donors (Lipinski definition) is 2. The number of fused-ring (bicyclic) bond motifs is 1. The molecule has 0 saturated heterocycles. The van der Waals surface area contributed by atoms with Crippen molar-refractivity contribution in [3.63, 3.8) is 0 Å². The first-order valence-electron chi connectivity index (χ1n) is 11.6. The fraction of sp³-hybridized carbons (Fsp3) is 0.214. The van der Waals surface area contributed by atoms with Crippen LogP contribution in [0, 0.1) is 0 Å². The molecule has 8 heteroatoms. The molecule has 1 aromatic heterocycles. The predicted molar refractivity (Wildman–Crippen MR) is 146 cm³/mol. The third-order valence-electron chi connectivity index (χ3n) is 5.86. The minimum Gasteiger partial charge on any atom is -0.492 e. The van der Waals surface area contributed by atoms with E-state index in [4.69, 9.17) is 16.3 Å². The van der Waals surface area contributed by atoms with Gasteiger partial charge in [0, 0.05) is 47.0 Å². The normalized spacial score (nSPS) is 11.0. The molecular formula is C28H29ClN4O3. The summed E-state index contributed by atoms with van der Waals surface area (Å²) >= 11 is 6.30. The molecule has 0 fully saturated rings. The minimum atomic E-state index is -0.391. The number of pyridine rings is 1. The molecule has 2 amide bonds. The maximum absolute atomic E-state index is 13.1. The van der Waals surface area contributed by atoms with Gasteiger partial charge in [-0.1, -0.05) is 48.0 Å². The molecule has 0 atom stereocenters. The molecule has 2 N–H and O–H groups in total. The maximum atomic E-state index is 13.1. The molecule has 3 aromatic carbocycles.